The fourth-order valence-electron chi connectivity index (χ4n) is 1.24. The Morgan fingerprint density at radius 1 is 1.56 bits per heavy atom. The summed E-state index contributed by atoms with van der Waals surface area (Å²) in [6.45, 7) is 3.74. The van der Waals surface area contributed by atoms with Crippen molar-refractivity contribution in [3.63, 3.8) is 0 Å². The van der Waals surface area contributed by atoms with Gasteiger partial charge in [-0.05, 0) is 19.4 Å². The number of hydrogen-bond acceptors (Lipinski definition) is 3. The van der Waals surface area contributed by atoms with Crippen molar-refractivity contribution in [3.8, 4) is 0 Å². The van der Waals surface area contributed by atoms with Crippen LogP contribution in [-0.2, 0) is 0 Å². The summed E-state index contributed by atoms with van der Waals surface area (Å²) in [5.74, 6) is -0.549. The molecule has 0 spiro atoms. The predicted molar refractivity (Wildman–Crippen MR) is 65.2 cm³/mol. The van der Waals surface area contributed by atoms with E-state index in [0.717, 1.165) is 6.07 Å². The van der Waals surface area contributed by atoms with Gasteiger partial charge in [-0.15, -0.1) is 0 Å². The minimum atomic E-state index is -0.549. The monoisotopic (exact) mass is 246 g/mol. The fourth-order valence-corrected chi connectivity index (χ4v) is 1.40. The molecule has 1 atom stereocenters. The second-order valence-corrected chi connectivity index (χ2v) is 4.46. The van der Waals surface area contributed by atoms with Crippen LogP contribution in [0.4, 0.5) is 15.8 Å². The van der Waals surface area contributed by atoms with Gasteiger partial charge in [0.15, 0.2) is 0 Å². The van der Waals surface area contributed by atoms with Gasteiger partial charge >= 0.3 is 0 Å². The van der Waals surface area contributed by atoms with Crippen molar-refractivity contribution in [2.24, 2.45) is 0 Å². The van der Waals surface area contributed by atoms with Crippen molar-refractivity contribution in [3.05, 3.63) is 23.0 Å². The largest absolute Gasteiger partial charge is 0.397 e. The van der Waals surface area contributed by atoms with Gasteiger partial charge < -0.3 is 16.2 Å². The third-order valence-corrected chi connectivity index (χ3v) is 2.95. The zero-order valence-electron chi connectivity index (χ0n) is 9.35. The lowest BCUT2D eigenvalue weighted by atomic mass is 9.99. The van der Waals surface area contributed by atoms with Crippen LogP contribution in [0.1, 0.15) is 20.3 Å². The average molecular weight is 247 g/mol. The van der Waals surface area contributed by atoms with E-state index in [4.69, 9.17) is 17.3 Å². The quantitative estimate of drug-likeness (QED) is 0.716. The molecule has 16 heavy (non-hydrogen) atoms. The Balaban J connectivity index is 3.01. The molecule has 0 amide bonds. The van der Waals surface area contributed by atoms with E-state index in [1.807, 2.05) is 13.8 Å². The maximum absolute atomic E-state index is 13.1. The second-order valence-electron chi connectivity index (χ2n) is 4.05. The minimum absolute atomic E-state index is 0.00749. The van der Waals surface area contributed by atoms with E-state index in [1.54, 1.807) is 0 Å². The molecule has 0 saturated heterocycles. The average Bonchev–Trinajstić information content (AvgIpc) is 2.25. The smallest absolute Gasteiger partial charge is 0.143 e. The first-order chi connectivity index (χ1) is 7.41. The summed E-state index contributed by atoms with van der Waals surface area (Å²) in [4.78, 5) is 0. The summed E-state index contributed by atoms with van der Waals surface area (Å²) in [7, 11) is 0. The Bertz CT molecular complexity index is 380. The third-order valence-electron chi connectivity index (χ3n) is 2.66. The maximum atomic E-state index is 13.1. The molecule has 1 unspecified atom stereocenters. The van der Waals surface area contributed by atoms with Gasteiger partial charge in [-0.1, -0.05) is 18.5 Å². The molecule has 0 bridgehead atoms. The van der Waals surface area contributed by atoms with Crippen LogP contribution >= 0.6 is 11.6 Å². The van der Waals surface area contributed by atoms with Gasteiger partial charge in [0.25, 0.3) is 0 Å². The van der Waals surface area contributed by atoms with Crippen LogP contribution in [0.25, 0.3) is 0 Å². The van der Waals surface area contributed by atoms with Crippen LogP contribution in [-0.4, -0.2) is 17.3 Å². The Hall–Kier alpha value is -1.00. The summed E-state index contributed by atoms with van der Waals surface area (Å²) >= 11 is 5.67. The Labute approximate surface area is 99.4 Å². The first-order valence-corrected chi connectivity index (χ1v) is 5.43. The minimum Gasteiger partial charge on any atom is -0.397 e. The molecule has 0 aromatic heterocycles. The first-order valence-electron chi connectivity index (χ1n) is 5.05. The van der Waals surface area contributed by atoms with Gasteiger partial charge in [0.2, 0.25) is 0 Å². The van der Waals surface area contributed by atoms with Crippen molar-refractivity contribution in [1.82, 2.24) is 0 Å². The zero-order valence-corrected chi connectivity index (χ0v) is 10.1. The molecule has 0 radical (unpaired) electrons. The van der Waals surface area contributed by atoms with E-state index in [2.05, 4.69) is 5.32 Å². The van der Waals surface area contributed by atoms with Crippen LogP contribution in [0.5, 0.6) is 0 Å². The maximum Gasteiger partial charge on any atom is 0.143 e. The highest BCUT2D eigenvalue weighted by atomic mass is 35.5. The van der Waals surface area contributed by atoms with Gasteiger partial charge in [-0.3, -0.25) is 0 Å². The van der Waals surface area contributed by atoms with Crippen LogP contribution in [0, 0.1) is 5.82 Å². The molecule has 1 aromatic rings. The lowest BCUT2D eigenvalue weighted by Crippen LogP contribution is -2.38. The molecular weight excluding hydrogens is 231 g/mol. The fraction of sp³-hybridized carbons (Fsp3) is 0.455. The summed E-state index contributed by atoms with van der Waals surface area (Å²) in [6.07, 6.45) is 0.706. The summed E-state index contributed by atoms with van der Waals surface area (Å²) in [6, 6.07) is 2.59. The van der Waals surface area contributed by atoms with Crippen LogP contribution in [0.15, 0.2) is 12.1 Å². The van der Waals surface area contributed by atoms with Gasteiger partial charge in [0, 0.05) is 6.07 Å². The number of nitrogens with two attached hydrogens (primary N) is 1. The number of hydrogen-bond donors (Lipinski definition) is 3. The highest BCUT2D eigenvalue weighted by Crippen LogP contribution is 2.29. The molecule has 0 fully saturated rings. The third kappa shape index (κ3) is 2.77. The van der Waals surface area contributed by atoms with Crippen molar-refractivity contribution in [2.75, 3.05) is 17.7 Å². The molecule has 90 valence electrons. The van der Waals surface area contributed by atoms with Gasteiger partial charge in [0.1, 0.15) is 5.82 Å². The van der Waals surface area contributed by atoms with Gasteiger partial charge in [-0.2, -0.15) is 0 Å². The van der Waals surface area contributed by atoms with Crippen molar-refractivity contribution in [1.29, 1.82) is 0 Å². The number of aliphatic hydroxyl groups excluding tert-OH is 1. The molecule has 0 aliphatic carbocycles. The molecule has 1 aromatic carbocycles. The van der Waals surface area contributed by atoms with Crippen molar-refractivity contribution < 1.29 is 9.50 Å². The number of rotatable bonds is 4. The van der Waals surface area contributed by atoms with E-state index in [9.17, 15) is 9.50 Å². The van der Waals surface area contributed by atoms with E-state index in [1.165, 1.54) is 6.07 Å². The van der Waals surface area contributed by atoms with E-state index >= 15 is 0 Å². The predicted octanol–water partition coefficient (Wildman–Crippen LogP) is 2.63. The molecular formula is C11H16ClFN2O. The lowest BCUT2D eigenvalue weighted by molar-refractivity contribution is 0.219. The van der Waals surface area contributed by atoms with Crippen molar-refractivity contribution in [2.45, 2.75) is 25.8 Å². The second kappa shape index (κ2) is 4.89. The van der Waals surface area contributed by atoms with Gasteiger partial charge in [-0.25, -0.2) is 4.39 Å². The number of halogens is 2. The van der Waals surface area contributed by atoms with Crippen molar-refractivity contribution >= 4 is 23.0 Å². The molecule has 1 rings (SSSR count). The summed E-state index contributed by atoms with van der Waals surface area (Å²) in [5, 5.41) is 12.3. The molecule has 5 heteroatoms. The molecule has 3 nitrogen and oxygen atoms in total. The number of anilines is 2. The van der Waals surface area contributed by atoms with Crippen LogP contribution < -0.4 is 11.1 Å². The van der Waals surface area contributed by atoms with E-state index < -0.39 is 11.4 Å². The Morgan fingerprint density at radius 2 is 2.19 bits per heavy atom. The SMILES string of the molecule is CCC(C)(CO)Nc1cc(Cl)c(F)cc1N. The normalized spacial score (nSPS) is 14.6. The topological polar surface area (TPSA) is 58.3 Å². The Kier molecular flexibility index (Phi) is 3.99. The highest BCUT2D eigenvalue weighted by Gasteiger charge is 2.21. The molecule has 0 aliphatic rings. The van der Waals surface area contributed by atoms with E-state index in [0.29, 0.717) is 12.1 Å². The summed E-state index contributed by atoms with van der Waals surface area (Å²) < 4.78 is 13.1. The standard InChI is InChI=1S/C11H16ClFN2O/c1-3-11(2,6-16)15-10-4-7(12)8(13)5-9(10)14/h4-5,15-16H,3,6,14H2,1-2H3. The molecule has 0 heterocycles. The molecule has 0 saturated carbocycles. The highest BCUT2D eigenvalue weighted by molar-refractivity contribution is 6.31. The number of aliphatic hydroxyl groups is 1. The number of nitrogen functional groups attached to an aromatic ring is 1. The lowest BCUT2D eigenvalue weighted by Gasteiger charge is -2.29. The van der Waals surface area contributed by atoms with E-state index in [-0.39, 0.29) is 17.3 Å². The Morgan fingerprint density at radius 3 is 2.69 bits per heavy atom. The first kappa shape index (κ1) is 13.1. The molecule has 0 aliphatic heterocycles. The van der Waals surface area contributed by atoms with Crippen LogP contribution in [0.2, 0.25) is 5.02 Å². The zero-order chi connectivity index (χ0) is 12.3. The van der Waals surface area contributed by atoms with Gasteiger partial charge in [0.05, 0.1) is 28.5 Å². The number of nitrogens with one attached hydrogen (secondary N) is 1. The number of benzene rings is 1. The van der Waals surface area contributed by atoms with Crippen LogP contribution in [0.3, 0.4) is 0 Å². The summed E-state index contributed by atoms with van der Waals surface area (Å²) in [5.41, 5.74) is 5.98. The molecule has 4 N–H and O–H groups in total.